The van der Waals surface area contributed by atoms with Crippen molar-refractivity contribution in [3.05, 3.63) is 362 Å². The molecule has 1 unspecified atom stereocenters. The summed E-state index contributed by atoms with van der Waals surface area (Å²) in [5, 5.41) is 32.8. The van der Waals surface area contributed by atoms with Gasteiger partial charge in [0.2, 0.25) is 0 Å². The van der Waals surface area contributed by atoms with Crippen LogP contribution in [0.2, 0.25) is 0 Å². The number of hydrogen-bond donors (Lipinski definition) is 0. The van der Waals surface area contributed by atoms with Gasteiger partial charge >= 0.3 is 0 Å². The Morgan fingerprint density at radius 2 is 0.627 bits per heavy atom. The summed E-state index contributed by atoms with van der Waals surface area (Å²) in [6.07, 6.45) is 3.28. The van der Waals surface area contributed by atoms with E-state index in [9.17, 15) is 8.78 Å². The van der Waals surface area contributed by atoms with Crippen LogP contribution >= 0.6 is 0 Å². The van der Waals surface area contributed by atoms with Gasteiger partial charge in [0, 0.05) is 144 Å². The average Bonchev–Trinajstić information content (AvgIpc) is 1.56. The molecular formula is C111H89F2N5. The number of halogens is 2. The summed E-state index contributed by atoms with van der Waals surface area (Å²) in [6, 6.07) is 118. The molecule has 572 valence electrons. The molecule has 19 aromatic carbocycles. The normalized spacial score (nSPS) is 12.1. The van der Waals surface area contributed by atoms with E-state index in [0.717, 1.165) is 56.2 Å². The van der Waals surface area contributed by atoms with Gasteiger partial charge < -0.3 is 22.8 Å². The summed E-state index contributed by atoms with van der Waals surface area (Å²) in [7, 11) is 10.7. The van der Waals surface area contributed by atoms with E-state index in [1.807, 2.05) is 43.4 Å². The molecule has 5 heterocycles. The number of hydrogen-bond acceptors (Lipinski definition) is 0. The van der Waals surface area contributed by atoms with E-state index in [1.165, 1.54) is 198 Å². The van der Waals surface area contributed by atoms with E-state index in [4.69, 9.17) is 0 Å². The Morgan fingerprint density at radius 1 is 0.229 bits per heavy atom. The quantitative estimate of drug-likeness (QED) is 0.164. The van der Waals surface area contributed by atoms with Crippen LogP contribution in [-0.4, -0.2) is 22.8 Å². The standard InChI is InChI=1S/2C25H23N.C21H13F2N.C21H15N.C19H15N/c1-4-16(2)17-9-10-20-15-25-23(13-21(20)11-17)22-12-18-7-5-6-8-19(18)14-24(22)26(25)3;1-4-16-14-22-24-20-12-8-6-10-18(20)17(5-2)15-23(24)26(3)25(22)21-13-9-7-11-19(16)21;1-24-19-9-3-12-10-14(22)4-7-16(12)20(19)18-6-2-13-11-15(23)5-8-17(13)21(18)24;1-22-20-12-16-8-4-2-6-14(16)10-18(20)19-11-15-7-3-5-9-17(15)13-21(19)22;1-20-18-10-6-5-9-16(18)17-13-15(11-12-19(17)20)14-7-3-2-4-8-14/h5-16H,4H2,1-3H3;6-15H,4-5H2,1-3H3;2-11H,1H3;2-13H,1H3;2-13H,1H3. The second-order valence-electron chi connectivity index (χ2n) is 32.2. The van der Waals surface area contributed by atoms with Crippen molar-refractivity contribution >= 4 is 195 Å². The Balaban J connectivity index is 0.0000000950. The van der Waals surface area contributed by atoms with E-state index >= 15 is 0 Å². The summed E-state index contributed by atoms with van der Waals surface area (Å²) >= 11 is 0. The summed E-state index contributed by atoms with van der Waals surface area (Å²) in [6.45, 7) is 9.07. The molecule has 1 atom stereocenters. The molecule has 0 fully saturated rings. The summed E-state index contributed by atoms with van der Waals surface area (Å²) in [5.41, 5.74) is 19.5. The maximum Gasteiger partial charge on any atom is 0.123 e. The zero-order valence-corrected chi connectivity index (χ0v) is 67.9. The second-order valence-corrected chi connectivity index (χ2v) is 32.2. The maximum atomic E-state index is 13.6. The fraction of sp³-hybridized carbons (Fsp3) is 0.117. The molecule has 0 aliphatic heterocycles. The minimum Gasteiger partial charge on any atom is -0.344 e. The molecule has 24 aromatic rings. The van der Waals surface area contributed by atoms with Gasteiger partial charge in [-0.15, -0.1) is 0 Å². The predicted molar refractivity (Wildman–Crippen MR) is 505 cm³/mol. The lowest BCUT2D eigenvalue weighted by molar-refractivity contribution is 0.629. The molecule has 0 radical (unpaired) electrons. The number of rotatable bonds is 5. The lowest BCUT2D eigenvalue weighted by atomic mass is 9.95. The number of aromatic nitrogens is 5. The highest BCUT2D eigenvalue weighted by molar-refractivity contribution is 6.28. The highest BCUT2D eigenvalue weighted by Gasteiger charge is 2.21. The summed E-state index contributed by atoms with van der Waals surface area (Å²) in [4.78, 5) is 0. The first-order valence-corrected chi connectivity index (χ1v) is 41.4. The minimum atomic E-state index is -0.235. The Hall–Kier alpha value is -13.9. The van der Waals surface area contributed by atoms with Crippen molar-refractivity contribution in [2.24, 2.45) is 35.2 Å². The first kappa shape index (κ1) is 73.0. The van der Waals surface area contributed by atoms with Crippen LogP contribution in [0.25, 0.3) is 206 Å². The number of benzene rings is 19. The molecule has 0 saturated heterocycles. The van der Waals surface area contributed by atoms with E-state index < -0.39 is 0 Å². The number of fused-ring (bicyclic) bond motifs is 27. The molecule has 0 bridgehead atoms. The van der Waals surface area contributed by atoms with Crippen LogP contribution in [0.1, 0.15) is 56.7 Å². The highest BCUT2D eigenvalue weighted by atomic mass is 19.1. The fourth-order valence-corrected chi connectivity index (χ4v) is 19.2. The Kier molecular flexibility index (Phi) is 18.2. The van der Waals surface area contributed by atoms with Gasteiger partial charge in [-0.3, -0.25) is 0 Å². The zero-order valence-electron chi connectivity index (χ0n) is 67.9. The van der Waals surface area contributed by atoms with Crippen LogP contribution in [0, 0.1) is 11.6 Å². The molecule has 0 saturated carbocycles. The van der Waals surface area contributed by atoms with Crippen molar-refractivity contribution < 1.29 is 8.78 Å². The Morgan fingerprint density at radius 3 is 1.20 bits per heavy atom. The second kappa shape index (κ2) is 29.4. The van der Waals surface area contributed by atoms with Crippen molar-refractivity contribution in [3.8, 4) is 11.1 Å². The Labute approximate surface area is 683 Å². The van der Waals surface area contributed by atoms with Gasteiger partial charge in [0.05, 0.1) is 11.0 Å². The number of aryl methyl sites for hydroxylation is 7. The first-order valence-electron chi connectivity index (χ1n) is 41.4. The van der Waals surface area contributed by atoms with Gasteiger partial charge in [0.1, 0.15) is 11.6 Å². The smallest absolute Gasteiger partial charge is 0.123 e. The third kappa shape index (κ3) is 12.2. The molecule has 5 aromatic heterocycles. The van der Waals surface area contributed by atoms with Crippen molar-refractivity contribution in [2.75, 3.05) is 0 Å². The molecule has 118 heavy (non-hydrogen) atoms. The predicted octanol–water partition coefficient (Wildman–Crippen LogP) is 30.5. The average molecular weight is 1530 g/mol. The molecule has 0 N–H and O–H groups in total. The van der Waals surface area contributed by atoms with Crippen molar-refractivity contribution in [1.82, 2.24) is 22.8 Å². The SMILES string of the molecule is CCC(C)c1ccc2cc3c(cc2c1)c1cc2ccccc2cc1n3C.CCc1cc2c(c3ccccc13)c1cc(CC)c3ccccc3c1n2C.Cn1c2cc3ccccc3cc2c2cc3ccccc3cc21.Cn1c2ccc3cc(F)ccc3c2c2ccc3cc(F)ccc3c21.Cn1c2ccccc2c2cc(-c3ccccc3)ccc21. The lowest BCUT2D eigenvalue weighted by Gasteiger charge is -2.10. The van der Waals surface area contributed by atoms with Crippen molar-refractivity contribution in [1.29, 1.82) is 0 Å². The van der Waals surface area contributed by atoms with Gasteiger partial charge in [-0.25, -0.2) is 8.78 Å². The summed E-state index contributed by atoms with van der Waals surface area (Å²) < 4.78 is 38.5. The molecule has 0 amide bonds. The first-order chi connectivity index (χ1) is 57.7. The van der Waals surface area contributed by atoms with Gasteiger partial charge in [-0.2, -0.15) is 0 Å². The van der Waals surface area contributed by atoms with Gasteiger partial charge in [0.25, 0.3) is 0 Å². The molecular weight excluding hydrogens is 1440 g/mol. The maximum absolute atomic E-state index is 13.6. The van der Waals surface area contributed by atoms with E-state index in [0.29, 0.717) is 5.92 Å². The topological polar surface area (TPSA) is 24.6 Å². The number of nitrogens with zero attached hydrogens (tertiary/aromatic N) is 5. The van der Waals surface area contributed by atoms with Crippen LogP contribution in [0.15, 0.2) is 334 Å². The van der Waals surface area contributed by atoms with Gasteiger partial charge in [-0.1, -0.05) is 246 Å². The zero-order chi connectivity index (χ0) is 80.3. The molecule has 0 aliphatic carbocycles. The van der Waals surface area contributed by atoms with Crippen LogP contribution in [0.5, 0.6) is 0 Å². The third-order valence-electron chi connectivity index (χ3n) is 25.6. The van der Waals surface area contributed by atoms with Crippen molar-refractivity contribution in [3.63, 3.8) is 0 Å². The van der Waals surface area contributed by atoms with Gasteiger partial charge in [-0.05, 0) is 244 Å². The molecule has 5 nitrogen and oxygen atoms in total. The van der Waals surface area contributed by atoms with Crippen molar-refractivity contribution in [2.45, 2.75) is 52.9 Å². The van der Waals surface area contributed by atoms with E-state index in [1.54, 1.807) is 12.1 Å². The van der Waals surface area contributed by atoms with Crippen LogP contribution in [0.3, 0.4) is 0 Å². The van der Waals surface area contributed by atoms with Gasteiger partial charge in [0.15, 0.2) is 0 Å². The van der Waals surface area contributed by atoms with E-state index in [-0.39, 0.29) is 11.6 Å². The molecule has 7 heteroatoms. The monoisotopic (exact) mass is 1530 g/mol. The van der Waals surface area contributed by atoms with E-state index in [2.05, 4.69) is 352 Å². The molecule has 0 spiro atoms. The molecule has 24 rings (SSSR count). The summed E-state index contributed by atoms with van der Waals surface area (Å²) in [5.74, 6) is 0.135. The third-order valence-corrected chi connectivity index (χ3v) is 25.6. The highest BCUT2D eigenvalue weighted by Crippen LogP contribution is 2.44. The number of para-hydroxylation sites is 1. The van der Waals surface area contributed by atoms with Crippen LogP contribution in [0.4, 0.5) is 8.78 Å². The lowest BCUT2D eigenvalue weighted by Crippen LogP contribution is -1.91. The molecule has 0 aliphatic rings. The minimum absolute atomic E-state index is 0.233. The fourth-order valence-electron chi connectivity index (χ4n) is 19.2. The van der Waals surface area contributed by atoms with Crippen LogP contribution in [-0.2, 0) is 48.1 Å². The Bertz CT molecular complexity index is 8090. The largest absolute Gasteiger partial charge is 0.344 e. The van der Waals surface area contributed by atoms with Crippen LogP contribution < -0.4 is 0 Å².